The fraction of sp³-hybridized carbons (Fsp3) is 0.429. The van der Waals surface area contributed by atoms with Crippen LogP contribution in [0.15, 0.2) is 17.3 Å². The monoisotopic (exact) mass is 154 g/mol. The van der Waals surface area contributed by atoms with E-state index in [-0.39, 0.29) is 0 Å². The maximum absolute atomic E-state index is 10.5. The topological polar surface area (TPSA) is 52.9 Å². The normalized spacial score (nSPS) is 18.5. The lowest BCUT2D eigenvalue weighted by Crippen LogP contribution is -2.35. The second kappa shape index (κ2) is 3.18. The molecular weight excluding hydrogens is 144 g/mol. The highest BCUT2D eigenvalue weighted by Crippen LogP contribution is 2.02. The van der Waals surface area contributed by atoms with Crippen LogP contribution >= 0.6 is 0 Å². The van der Waals surface area contributed by atoms with Crippen LogP contribution in [0.4, 0.5) is 0 Å². The minimum Gasteiger partial charge on any atom is -0.480 e. The molecule has 60 valence electrons. The first-order valence-electron chi connectivity index (χ1n) is 3.37. The van der Waals surface area contributed by atoms with Crippen molar-refractivity contribution in [2.75, 3.05) is 6.67 Å². The number of nitrogens with zero attached hydrogens (tertiary/aromatic N) is 2. The summed E-state index contributed by atoms with van der Waals surface area (Å²) in [6.45, 7) is 2.07. The van der Waals surface area contributed by atoms with Gasteiger partial charge in [0.1, 0.15) is 12.7 Å². The van der Waals surface area contributed by atoms with E-state index in [2.05, 4.69) is 4.99 Å². The van der Waals surface area contributed by atoms with E-state index in [1.54, 1.807) is 30.3 Å². The standard InChI is InChI=1S/C7H10N2O2/c1-6(7(10)11)9-4-2-3-8-5-9/h2-4,6H,5H2,1H3,(H,10,11). The maximum atomic E-state index is 10.5. The Morgan fingerprint density at radius 2 is 2.55 bits per heavy atom. The van der Waals surface area contributed by atoms with E-state index < -0.39 is 12.0 Å². The van der Waals surface area contributed by atoms with Crippen LogP contribution in [0.25, 0.3) is 0 Å². The number of hydrogen-bond donors (Lipinski definition) is 1. The second-order valence-electron chi connectivity index (χ2n) is 2.34. The Labute approximate surface area is 64.8 Å². The van der Waals surface area contributed by atoms with Crippen LogP contribution in [0.5, 0.6) is 0 Å². The molecule has 0 bridgehead atoms. The molecular formula is C7H10N2O2. The van der Waals surface area contributed by atoms with E-state index in [1.165, 1.54) is 0 Å². The average molecular weight is 154 g/mol. The number of aliphatic imine (C=N–C) groups is 1. The lowest BCUT2D eigenvalue weighted by molar-refractivity contribution is -0.141. The molecule has 0 fully saturated rings. The molecule has 1 N–H and O–H groups in total. The maximum Gasteiger partial charge on any atom is 0.326 e. The van der Waals surface area contributed by atoms with Gasteiger partial charge in [0, 0.05) is 12.4 Å². The molecule has 1 unspecified atom stereocenters. The van der Waals surface area contributed by atoms with Crippen molar-refractivity contribution >= 4 is 12.2 Å². The van der Waals surface area contributed by atoms with E-state index in [9.17, 15) is 4.79 Å². The highest BCUT2D eigenvalue weighted by atomic mass is 16.4. The van der Waals surface area contributed by atoms with E-state index in [1.807, 2.05) is 0 Å². The Balaban J connectivity index is 2.55. The molecule has 0 spiro atoms. The van der Waals surface area contributed by atoms with Gasteiger partial charge in [-0.3, -0.25) is 4.99 Å². The first kappa shape index (κ1) is 7.78. The molecule has 0 aromatic carbocycles. The van der Waals surface area contributed by atoms with E-state index in [0.29, 0.717) is 6.67 Å². The van der Waals surface area contributed by atoms with Crippen molar-refractivity contribution in [1.82, 2.24) is 4.90 Å². The van der Waals surface area contributed by atoms with Crippen molar-refractivity contribution in [3.63, 3.8) is 0 Å². The number of carbonyl (C=O) groups is 1. The van der Waals surface area contributed by atoms with Crippen LogP contribution in [-0.4, -0.2) is 34.9 Å². The second-order valence-corrected chi connectivity index (χ2v) is 2.34. The van der Waals surface area contributed by atoms with Crippen LogP contribution in [0.3, 0.4) is 0 Å². The summed E-state index contributed by atoms with van der Waals surface area (Å²) in [5.74, 6) is -0.827. The Morgan fingerprint density at radius 3 is 3.00 bits per heavy atom. The molecule has 0 saturated carbocycles. The third kappa shape index (κ3) is 1.80. The van der Waals surface area contributed by atoms with Gasteiger partial charge in [-0.1, -0.05) is 0 Å². The van der Waals surface area contributed by atoms with Gasteiger partial charge < -0.3 is 10.0 Å². The number of carboxylic acid groups (broad SMARTS) is 1. The van der Waals surface area contributed by atoms with Crippen molar-refractivity contribution in [2.24, 2.45) is 4.99 Å². The fourth-order valence-corrected chi connectivity index (χ4v) is 0.792. The largest absolute Gasteiger partial charge is 0.480 e. The van der Waals surface area contributed by atoms with Crippen LogP contribution in [0.1, 0.15) is 6.92 Å². The molecule has 4 nitrogen and oxygen atoms in total. The van der Waals surface area contributed by atoms with Crippen molar-refractivity contribution in [3.05, 3.63) is 12.3 Å². The predicted octanol–water partition coefficient (Wildman–Crippen LogP) is 0.317. The zero-order chi connectivity index (χ0) is 8.27. The van der Waals surface area contributed by atoms with Crippen molar-refractivity contribution < 1.29 is 9.90 Å². The van der Waals surface area contributed by atoms with E-state index in [0.717, 1.165) is 0 Å². The Kier molecular flexibility index (Phi) is 2.25. The van der Waals surface area contributed by atoms with Gasteiger partial charge in [0.25, 0.3) is 0 Å². The van der Waals surface area contributed by atoms with E-state index >= 15 is 0 Å². The average Bonchev–Trinajstić information content (AvgIpc) is 2.05. The fourth-order valence-electron chi connectivity index (χ4n) is 0.792. The molecule has 4 heteroatoms. The van der Waals surface area contributed by atoms with Gasteiger partial charge in [0.2, 0.25) is 0 Å². The number of hydrogen-bond acceptors (Lipinski definition) is 3. The van der Waals surface area contributed by atoms with Crippen LogP contribution in [0, 0.1) is 0 Å². The molecule has 1 aliphatic heterocycles. The minimum absolute atomic E-state index is 0.434. The molecule has 1 aliphatic rings. The summed E-state index contributed by atoms with van der Waals surface area (Å²) in [4.78, 5) is 16.0. The lowest BCUT2D eigenvalue weighted by Gasteiger charge is -2.23. The predicted molar refractivity (Wildman–Crippen MR) is 41.4 cm³/mol. The smallest absolute Gasteiger partial charge is 0.326 e. The number of rotatable bonds is 2. The number of carboxylic acids is 1. The zero-order valence-electron chi connectivity index (χ0n) is 6.27. The number of allylic oxidation sites excluding steroid dienone is 1. The van der Waals surface area contributed by atoms with Crippen molar-refractivity contribution in [1.29, 1.82) is 0 Å². The third-order valence-corrected chi connectivity index (χ3v) is 1.57. The summed E-state index contributed by atoms with van der Waals surface area (Å²) < 4.78 is 0. The third-order valence-electron chi connectivity index (χ3n) is 1.57. The molecule has 11 heavy (non-hydrogen) atoms. The summed E-state index contributed by atoms with van der Waals surface area (Å²) in [7, 11) is 0. The SMILES string of the molecule is CC(C(=O)O)N1C=CC=NC1. The Hall–Kier alpha value is -1.32. The number of aliphatic carboxylic acids is 1. The lowest BCUT2D eigenvalue weighted by atomic mass is 10.3. The molecule has 0 aromatic heterocycles. The highest BCUT2D eigenvalue weighted by Gasteiger charge is 2.16. The molecule has 1 rings (SSSR count). The summed E-state index contributed by atoms with van der Waals surface area (Å²) in [5, 5.41) is 8.61. The molecule has 1 heterocycles. The van der Waals surface area contributed by atoms with E-state index in [4.69, 9.17) is 5.11 Å². The summed E-state index contributed by atoms with van der Waals surface area (Å²) >= 11 is 0. The van der Waals surface area contributed by atoms with Crippen LogP contribution in [0.2, 0.25) is 0 Å². The van der Waals surface area contributed by atoms with Gasteiger partial charge >= 0.3 is 5.97 Å². The zero-order valence-corrected chi connectivity index (χ0v) is 6.27. The molecule has 0 aromatic rings. The van der Waals surface area contributed by atoms with Crippen molar-refractivity contribution in [3.8, 4) is 0 Å². The van der Waals surface area contributed by atoms with Gasteiger partial charge in [-0.15, -0.1) is 0 Å². The summed E-state index contributed by atoms with van der Waals surface area (Å²) in [5.41, 5.74) is 0. The highest BCUT2D eigenvalue weighted by molar-refractivity contribution is 5.75. The van der Waals surface area contributed by atoms with Gasteiger partial charge in [-0.2, -0.15) is 0 Å². The first-order valence-corrected chi connectivity index (χ1v) is 3.37. The Morgan fingerprint density at radius 1 is 1.82 bits per heavy atom. The van der Waals surface area contributed by atoms with Crippen molar-refractivity contribution in [2.45, 2.75) is 13.0 Å². The van der Waals surface area contributed by atoms with Gasteiger partial charge in [0.05, 0.1) is 0 Å². The minimum atomic E-state index is -0.827. The molecule has 0 amide bonds. The molecule has 0 radical (unpaired) electrons. The van der Waals surface area contributed by atoms with Gasteiger partial charge in [0.15, 0.2) is 0 Å². The first-order chi connectivity index (χ1) is 5.22. The molecule has 1 atom stereocenters. The van der Waals surface area contributed by atoms with Crippen LogP contribution in [-0.2, 0) is 4.79 Å². The molecule has 0 aliphatic carbocycles. The van der Waals surface area contributed by atoms with Gasteiger partial charge in [-0.05, 0) is 13.0 Å². The van der Waals surface area contributed by atoms with Crippen LogP contribution < -0.4 is 0 Å². The molecule has 0 saturated heterocycles. The quantitative estimate of drug-likeness (QED) is 0.623. The summed E-state index contributed by atoms with van der Waals surface area (Å²) in [6.07, 6.45) is 5.11. The Bertz CT molecular complexity index is 210. The summed E-state index contributed by atoms with van der Waals surface area (Å²) in [6, 6.07) is -0.497. The van der Waals surface area contributed by atoms with Gasteiger partial charge in [-0.25, -0.2) is 4.79 Å².